The van der Waals surface area contributed by atoms with E-state index in [1.807, 2.05) is 39.8 Å². The number of aryl methyl sites for hydroxylation is 1. The lowest BCUT2D eigenvalue weighted by Crippen LogP contribution is -2.35. The van der Waals surface area contributed by atoms with Crippen LogP contribution in [0.1, 0.15) is 38.3 Å². The van der Waals surface area contributed by atoms with Gasteiger partial charge in [-0.25, -0.2) is 12.7 Å². The van der Waals surface area contributed by atoms with Crippen molar-refractivity contribution in [1.82, 2.24) is 9.62 Å². The van der Waals surface area contributed by atoms with Crippen LogP contribution in [0.4, 0.5) is 5.69 Å². The largest absolute Gasteiger partial charge is 0.504 e. The lowest BCUT2D eigenvalue weighted by atomic mass is 9.85. The Morgan fingerprint density at radius 1 is 1.15 bits per heavy atom. The molecule has 3 rings (SSSR count). The fourth-order valence-electron chi connectivity index (χ4n) is 3.23. The number of sulfonamides is 2. The van der Waals surface area contributed by atoms with Gasteiger partial charge in [0.2, 0.25) is 10.0 Å². The van der Waals surface area contributed by atoms with Gasteiger partial charge < -0.3 is 20.2 Å². The molecule has 0 saturated heterocycles. The van der Waals surface area contributed by atoms with Gasteiger partial charge in [-0.1, -0.05) is 26.8 Å². The van der Waals surface area contributed by atoms with Crippen molar-refractivity contribution in [2.75, 3.05) is 19.4 Å². The van der Waals surface area contributed by atoms with Crippen molar-refractivity contribution in [1.29, 1.82) is 0 Å². The topological polar surface area (TPSA) is 141 Å². The van der Waals surface area contributed by atoms with Crippen LogP contribution in [0.3, 0.4) is 0 Å². The number of benzene rings is 1. The second-order valence-corrected chi connectivity index (χ2v) is 12.5. The van der Waals surface area contributed by atoms with Crippen molar-refractivity contribution in [3.63, 3.8) is 0 Å². The van der Waals surface area contributed by atoms with Crippen LogP contribution < -0.4 is 10.6 Å². The lowest BCUT2D eigenvalue weighted by molar-refractivity contribution is 0.251. The molecule has 0 amide bonds. The van der Waals surface area contributed by atoms with Gasteiger partial charge in [-0.15, -0.1) is 4.40 Å². The number of hydrogen-bond donors (Lipinski definition) is 3. The highest BCUT2D eigenvalue weighted by Crippen LogP contribution is 2.36. The summed E-state index contributed by atoms with van der Waals surface area (Å²) in [6.45, 7) is 7.73. The first-order valence-electron chi connectivity index (χ1n) is 10.0. The highest BCUT2D eigenvalue weighted by Gasteiger charge is 2.33. The summed E-state index contributed by atoms with van der Waals surface area (Å²) in [5.74, 6) is 0.699. The number of nitrogens with one attached hydrogen (secondary N) is 2. The van der Waals surface area contributed by atoms with Crippen molar-refractivity contribution in [3.05, 3.63) is 53.0 Å². The molecule has 0 unspecified atom stereocenters. The van der Waals surface area contributed by atoms with E-state index < -0.39 is 31.8 Å². The maximum Gasteiger partial charge on any atom is 0.279 e. The molecule has 1 aliphatic rings. The third kappa shape index (κ3) is 5.23. The summed E-state index contributed by atoms with van der Waals surface area (Å²) in [6, 6.07) is 7.33. The number of anilines is 1. The van der Waals surface area contributed by atoms with E-state index in [0.29, 0.717) is 11.5 Å². The molecule has 1 aliphatic heterocycles. The lowest BCUT2D eigenvalue weighted by Gasteiger charge is -2.31. The normalized spacial score (nSPS) is 16.9. The third-order valence-electron chi connectivity index (χ3n) is 4.96. The Hall–Kier alpha value is -2.83. The third-order valence-corrected chi connectivity index (χ3v) is 7.78. The van der Waals surface area contributed by atoms with Gasteiger partial charge in [0.05, 0.1) is 22.8 Å². The van der Waals surface area contributed by atoms with Crippen LogP contribution in [0, 0.1) is 12.3 Å². The molecule has 33 heavy (non-hydrogen) atoms. The number of hydrogen-bond acceptors (Lipinski definition) is 8. The first kappa shape index (κ1) is 24.8. The molecule has 0 saturated carbocycles. The fraction of sp³-hybridized carbons (Fsp3) is 0.381. The van der Waals surface area contributed by atoms with Crippen LogP contribution in [0.15, 0.2) is 55.1 Å². The van der Waals surface area contributed by atoms with Gasteiger partial charge in [-0.2, -0.15) is 8.42 Å². The molecule has 10 nitrogen and oxygen atoms in total. The van der Waals surface area contributed by atoms with Crippen LogP contribution in [0.2, 0.25) is 0 Å². The number of rotatable bonds is 6. The van der Waals surface area contributed by atoms with Crippen LogP contribution in [-0.2, 0) is 20.0 Å². The average Bonchev–Trinajstić information content (AvgIpc) is 3.22. The van der Waals surface area contributed by atoms with E-state index in [1.54, 1.807) is 0 Å². The zero-order valence-corrected chi connectivity index (χ0v) is 20.9. The Labute approximate surface area is 194 Å². The molecule has 0 bridgehead atoms. The number of furan rings is 1. The molecule has 1 aromatic heterocycles. The molecule has 3 N–H and O–H groups in total. The van der Waals surface area contributed by atoms with Crippen molar-refractivity contribution >= 4 is 31.6 Å². The quantitative estimate of drug-likeness (QED) is 0.518. The molecule has 2 heterocycles. The summed E-state index contributed by atoms with van der Waals surface area (Å²) < 4.78 is 60.0. The maximum atomic E-state index is 12.5. The van der Waals surface area contributed by atoms with Gasteiger partial charge in [0.15, 0.2) is 11.6 Å². The van der Waals surface area contributed by atoms with E-state index in [-0.39, 0.29) is 27.5 Å². The Kier molecular flexibility index (Phi) is 6.39. The smallest absolute Gasteiger partial charge is 0.279 e. The standard InChI is InChI=1S/C21H28N4O6S2/c1-13-10-11-16(31-13)19(21(2,3)4)22-15-12-32(27,28)24-20(15)23-14-8-7-9-17(18(14)26)33(29,30)25(5)6/h7-12,19,22,26H,1-6H3,(H,23,24)/t19-/m0/s1. The Morgan fingerprint density at radius 2 is 1.82 bits per heavy atom. The Morgan fingerprint density at radius 3 is 2.36 bits per heavy atom. The molecule has 0 aliphatic carbocycles. The second kappa shape index (κ2) is 8.50. The molecule has 0 radical (unpaired) electrons. The number of para-hydroxylation sites is 1. The van der Waals surface area contributed by atoms with Crippen LogP contribution in [0.25, 0.3) is 0 Å². The van der Waals surface area contributed by atoms with Gasteiger partial charge >= 0.3 is 0 Å². The Balaban J connectivity index is 1.98. The highest BCUT2D eigenvalue weighted by molar-refractivity contribution is 7.93. The molecule has 0 spiro atoms. The van der Waals surface area contributed by atoms with E-state index in [1.165, 1.54) is 32.3 Å². The molecule has 12 heteroatoms. The molecule has 2 aromatic rings. The Bertz CT molecular complexity index is 1330. The first-order valence-corrected chi connectivity index (χ1v) is 13.0. The van der Waals surface area contributed by atoms with E-state index in [2.05, 4.69) is 15.0 Å². The number of amidine groups is 1. The van der Waals surface area contributed by atoms with Crippen LogP contribution >= 0.6 is 0 Å². The summed E-state index contributed by atoms with van der Waals surface area (Å²) in [4.78, 5) is -0.323. The predicted molar refractivity (Wildman–Crippen MR) is 126 cm³/mol. The number of phenolic OH excluding ortho intramolecular Hbond substituents is 1. The van der Waals surface area contributed by atoms with Crippen molar-refractivity contribution < 1.29 is 26.4 Å². The summed E-state index contributed by atoms with van der Waals surface area (Å²) in [5, 5.41) is 17.5. The van der Waals surface area contributed by atoms with Crippen molar-refractivity contribution in [3.8, 4) is 5.75 Å². The minimum Gasteiger partial charge on any atom is -0.504 e. The van der Waals surface area contributed by atoms with Gasteiger partial charge in [0.25, 0.3) is 10.0 Å². The van der Waals surface area contributed by atoms with E-state index >= 15 is 0 Å². The van der Waals surface area contributed by atoms with Gasteiger partial charge in [-0.3, -0.25) is 0 Å². The fourth-order valence-corrected chi connectivity index (χ4v) is 5.16. The molecule has 1 atom stereocenters. The molecular formula is C21H28N4O6S2. The van der Waals surface area contributed by atoms with Gasteiger partial charge in [0.1, 0.15) is 16.4 Å². The monoisotopic (exact) mass is 496 g/mol. The summed E-state index contributed by atoms with van der Waals surface area (Å²) in [7, 11) is -5.18. The SMILES string of the molecule is Cc1ccc([C@H](NC2=CS(=O)(=O)N=C2Nc2cccc(S(=O)(=O)N(C)C)c2O)C(C)(C)C)o1. The molecular weight excluding hydrogens is 468 g/mol. The second-order valence-electron chi connectivity index (χ2n) is 8.94. The number of nitrogens with zero attached hydrogens (tertiary/aromatic N) is 2. The summed E-state index contributed by atoms with van der Waals surface area (Å²) in [6.07, 6.45) is 0. The minimum atomic E-state index is -3.94. The average molecular weight is 497 g/mol. The van der Waals surface area contributed by atoms with Gasteiger partial charge in [0, 0.05) is 14.1 Å². The maximum absolute atomic E-state index is 12.5. The molecule has 0 fully saturated rings. The zero-order chi connectivity index (χ0) is 24.8. The summed E-state index contributed by atoms with van der Waals surface area (Å²) >= 11 is 0. The molecule has 1 aromatic carbocycles. The molecule has 180 valence electrons. The number of aromatic hydroxyl groups is 1. The van der Waals surface area contributed by atoms with E-state index in [4.69, 9.17) is 4.42 Å². The van der Waals surface area contributed by atoms with Crippen LogP contribution in [-0.4, -0.2) is 46.2 Å². The van der Waals surface area contributed by atoms with Crippen molar-refractivity contribution in [2.24, 2.45) is 9.81 Å². The zero-order valence-electron chi connectivity index (χ0n) is 19.2. The predicted octanol–water partition coefficient (Wildman–Crippen LogP) is 2.92. The number of phenols is 1. The van der Waals surface area contributed by atoms with Gasteiger partial charge in [-0.05, 0) is 36.6 Å². The van der Waals surface area contributed by atoms with E-state index in [9.17, 15) is 21.9 Å². The van der Waals surface area contributed by atoms with Crippen molar-refractivity contribution in [2.45, 2.75) is 38.6 Å². The summed E-state index contributed by atoms with van der Waals surface area (Å²) in [5.41, 5.74) is -0.225. The first-order chi connectivity index (χ1) is 15.1. The van der Waals surface area contributed by atoms with E-state index in [0.717, 1.165) is 9.71 Å². The van der Waals surface area contributed by atoms with Crippen LogP contribution in [0.5, 0.6) is 5.75 Å². The highest BCUT2D eigenvalue weighted by atomic mass is 32.2. The minimum absolute atomic E-state index is 0.0115.